The summed E-state index contributed by atoms with van der Waals surface area (Å²) in [5, 5.41) is 0. The number of anilines is 2. The van der Waals surface area contributed by atoms with Crippen LogP contribution in [0.25, 0.3) is 33.7 Å². The molecule has 3 heterocycles. The molecule has 0 saturated heterocycles. The van der Waals surface area contributed by atoms with E-state index < -0.39 is 0 Å². The number of pyridine rings is 1. The van der Waals surface area contributed by atoms with Crippen molar-refractivity contribution in [3.05, 3.63) is 150 Å². The first-order valence-electron chi connectivity index (χ1n) is 19.2. The first-order chi connectivity index (χ1) is 25.4. The Balaban J connectivity index is 0.000000183. The molecule has 54 heavy (non-hydrogen) atoms. The van der Waals surface area contributed by atoms with Crippen molar-refractivity contribution in [2.24, 2.45) is 0 Å². The van der Waals surface area contributed by atoms with E-state index in [1.165, 1.54) is 55.9 Å². The zero-order valence-corrected chi connectivity index (χ0v) is 35.5. The Kier molecular flexibility index (Phi) is 11.5. The quantitative estimate of drug-likeness (QED) is 0.118. The van der Waals surface area contributed by atoms with Gasteiger partial charge in [-0.1, -0.05) is 148 Å². The van der Waals surface area contributed by atoms with Gasteiger partial charge >= 0.3 is 0 Å². The summed E-state index contributed by atoms with van der Waals surface area (Å²) in [6.45, 7) is 25.1. The summed E-state index contributed by atoms with van der Waals surface area (Å²) >= 11 is 0. The summed E-state index contributed by atoms with van der Waals surface area (Å²) in [5.41, 5.74) is 16.2. The molecule has 0 fully saturated rings. The molecular weight excluding hydrogens is 844 g/mol. The van der Waals surface area contributed by atoms with E-state index in [0.717, 1.165) is 16.7 Å². The number of aromatic nitrogens is 3. The van der Waals surface area contributed by atoms with Gasteiger partial charge in [0, 0.05) is 45.4 Å². The Morgan fingerprint density at radius 1 is 0.593 bits per heavy atom. The minimum Gasteiger partial charge on any atom is -0.479 e. The summed E-state index contributed by atoms with van der Waals surface area (Å²) in [5.74, 6) is 2.62. The largest absolute Gasteiger partial charge is 0.479 e. The second kappa shape index (κ2) is 15.7. The van der Waals surface area contributed by atoms with Crippen molar-refractivity contribution in [2.45, 2.75) is 98.3 Å². The number of benzene rings is 4. The number of para-hydroxylation sites is 2. The fourth-order valence-electron chi connectivity index (χ4n) is 8.01. The van der Waals surface area contributed by atoms with Crippen molar-refractivity contribution < 1.29 is 22.4 Å². The van der Waals surface area contributed by atoms with E-state index in [0.29, 0.717) is 29.5 Å². The van der Waals surface area contributed by atoms with Gasteiger partial charge in [0.2, 0.25) is 0 Å². The van der Waals surface area contributed by atoms with Gasteiger partial charge in [-0.25, -0.2) is 0 Å². The summed E-state index contributed by atoms with van der Waals surface area (Å²) in [6, 6.07) is 32.3. The average Bonchev–Trinajstić information content (AvgIpc) is 3.86. The van der Waals surface area contributed by atoms with Crippen LogP contribution in [0.4, 0.5) is 11.4 Å². The molecule has 1 aliphatic heterocycles. The van der Waals surface area contributed by atoms with E-state index in [-0.39, 0.29) is 27.8 Å². The molecule has 1 radical (unpaired) electrons. The van der Waals surface area contributed by atoms with Crippen LogP contribution in [0.15, 0.2) is 110 Å². The van der Waals surface area contributed by atoms with E-state index >= 15 is 0 Å². The predicted molar refractivity (Wildman–Crippen MR) is 223 cm³/mol. The van der Waals surface area contributed by atoms with Gasteiger partial charge in [-0.05, 0) is 110 Å². The van der Waals surface area contributed by atoms with E-state index in [1.807, 2.05) is 18.2 Å². The Morgan fingerprint density at radius 3 is 1.61 bits per heavy atom. The third-order valence-electron chi connectivity index (χ3n) is 10.9. The third-order valence-corrected chi connectivity index (χ3v) is 10.9. The number of hydrogen-bond acceptors (Lipinski definition) is 4. The van der Waals surface area contributed by atoms with Crippen molar-refractivity contribution in [1.29, 1.82) is 0 Å². The number of rotatable bonds is 7. The Hall–Kier alpha value is -4.42. The summed E-state index contributed by atoms with van der Waals surface area (Å²) in [4.78, 5) is 18.4. The van der Waals surface area contributed by atoms with E-state index in [9.17, 15) is 0 Å². The maximum atomic E-state index is 4.72. The van der Waals surface area contributed by atoms with E-state index in [2.05, 4.69) is 176 Å². The van der Waals surface area contributed by atoms with E-state index in [1.54, 1.807) is 6.20 Å². The molecule has 2 aliphatic rings. The average molecular weight is 897 g/mol. The number of imidazole rings is 1. The van der Waals surface area contributed by atoms with Crippen molar-refractivity contribution >= 4 is 22.4 Å². The molecule has 0 amide bonds. The van der Waals surface area contributed by atoms with E-state index in [4.69, 9.17) is 9.97 Å². The van der Waals surface area contributed by atoms with Gasteiger partial charge in [0.05, 0.1) is 5.69 Å². The van der Waals surface area contributed by atoms with Crippen LogP contribution < -0.4 is 14.8 Å². The fourth-order valence-corrected chi connectivity index (χ4v) is 8.01. The van der Waals surface area contributed by atoms with Gasteiger partial charge in [0.25, 0.3) is 0 Å². The topological polar surface area (TPSA) is 46.4 Å². The van der Waals surface area contributed by atoms with Crippen LogP contribution in [0.2, 0.25) is 0 Å². The Bertz CT molecular complexity index is 2150. The van der Waals surface area contributed by atoms with Crippen LogP contribution in [0, 0.1) is 6.67 Å². The van der Waals surface area contributed by atoms with Crippen LogP contribution >= 0.6 is 0 Å². The van der Waals surface area contributed by atoms with Crippen LogP contribution in [0.1, 0.15) is 126 Å². The predicted octanol–water partition coefficient (Wildman–Crippen LogP) is 12.7. The SMILES string of the molecule is CC(C)c1cccc(C(C)C)c1N1C=CN(c2c(C(C)C)cccc2C(C)C)[CH-]1.CC1(C)c2ccccc2-c2cc3nc(-c4ccccn4)[n-]c3cc21.[Au]. The molecule has 6 aromatic rings. The first kappa shape index (κ1) is 39.3. The number of nitrogens with zero attached hydrogens (tertiary/aromatic N) is 5. The molecule has 0 spiro atoms. The summed E-state index contributed by atoms with van der Waals surface area (Å²) in [6.07, 6.45) is 6.21. The smallest absolute Gasteiger partial charge is 0.0620 e. The molecule has 0 atom stereocenters. The molecule has 0 unspecified atom stereocenters. The maximum absolute atomic E-state index is 4.72. The molecule has 0 bridgehead atoms. The number of fused-ring (bicyclic) bond motifs is 4. The normalized spacial score (nSPS) is 14.2. The molecule has 5 nitrogen and oxygen atoms in total. The molecule has 4 aromatic carbocycles. The van der Waals surface area contributed by atoms with Crippen molar-refractivity contribution in [1.82, 2.24) is 15.0 Å². The molecule has 0 saturated carbocycles. The second-order valence-electron chi connectivity index (χ2n) is 16.2. The molecule has 283 valence electrons. The molecule has 2 aromatic heterocycles. The van der Waals surface area contributed by atoms with Crippen molar-refractivity contribution in [3.8, 4) is 22.6 Å². The van der Waals surface area contributed by atoms with Gasteiger partial charge < -0.3 is 19.8 Å². The van der Waals surface area contributed by atoms with Gasteiger partial charge in [-0.3, -0.25) is 4.98 Å². The molecular formula is C48H53AuN5-2. The monoisotopic (exact) mass is 896 g/mol. The zero-order valence-electron chi connectivity index (χ0n) is 33.3. The van der Waals surface area contributed by atoms with Crippen molar-refractivity contribution in [2.75, 3.05) is 9.80 Å². The second-order valence-corrected chi connectivity index (χ2v) is 16.2. The van der Waals surface area contributed by atoms with Crippen LogP contribution in [0.3, 0.4) is 0 Å². The zero-order chi connectivity index (χ0) is 37.6. The number of hydrogen-bond donors (Lipinski definition) is 0. The molecule has 8 rings (SSSR count). The van der Waals surface area contributed by atoms with Gasteiger partial charge in [-0.15, -0.1) is 6.67 Å². The molecule has 0 N–H and O–H groups in total. The summed E-state index contributed by atoms with van der Waals surface area (Å²) in [7, 11) is 0. The van der Waals surface area contributed by atoms with Gasteiger partial charge in [-0.2, -0.15) is 0 Å². The van der Waals surface area contributed by atoms with Crippen LogP contribution in [0.5, 0.6) is 0 Å². The Morgan fingerprint density at radius 2 is 1.11 bits per heavy atom. The fraction of sp³-hybridized carbons (Fsp3) is 0.312. The minimum absolute atomic E-state index is 0. The summed E-state index contributed by atoms with van der Waals surface area (Å²) < 4.78 is 0. The Labute approximate surface area is 338 Å². The minimum atomic E-state index is -0.00970. The third kappa shape index (κ3) is 7.22. The van der Waals surface area contributed by atoms with Gasteiger partial charge in [0.15, 0.2) is 0 Å². The molecule has 6 heteroatoms. The first-order valence-corrected chi connectivity index (χ1v) is 19.2. The maximum Gasteiger partial charge on any atom is 0.0620 e. The van der Waals surface area contributed by atoms with Gasteiger partial charge in [0.1, 0.15) is 0 Å². The van der Waals surface area contributed by atoms with Crippen LogP contribution in [-0.4, -0.2) is 9.97 Å². The molecule has 1 aliphatic carbocycles. The van der Waals surface area contributed by atoms with Crippen LogP contribution in [-0.2, 0) is 27.8 Å². The van der Waals surface area contributed by atoms with Crippen molar-refractivity contribution in [3.63, 3.8) is 0 Å². The standard InChI is InChI=1S/C27H37N2.C21H16N3.Au/c1-18(2)22-11-9-12-23(19(3)4)26(22)28-15-16-29(17-28)27-24(20(5)6)13-10-14-25(27)21(7)8;1-21(2)15-8-4-3-7-13(15)14-11-18-19(12-16(14)21)24-20(23-18)17-9-5-6-10-22-17;/h9-21H,1-8H3;3-12H,1-2H3;/q2*-1;.